The zero-order valence-corrected chi connectivity index (χ0v) is 14.6. The normalized spacial score (nSPS) is 19.7. The molecule has 1 fully saturated rings. The van der Waals surface area contributed by atoms with E-state index in [0.29, 0.717) is 5.92 Å². The van der Waals surface area contributed by atoms with E-state index in [1.54, 1.807) is 0 Å². The molecule has 23 heavy (non-hydrogen) atoms. The highest BCUT2D eigenvalue weighted by Gasteiger charge is 2.39. The van der Waals surface area contributed by atoms with E-state index in [1.165, 1.54) is 25.7 Å². The molecule has 1 aliphatic rings. The molecule has 0 spiro atoms. The summed E-state index contributed by atoms with van der Waals surface area (Å²) in [6.07, 6.45) is 7.80. The van der Waals surface area contributed by atoms with Gasteiger partial charge in [0.15, 0.2) is 0 Å². The van der Waals surface area contributed by atoms with Crippen LogP contribution in [0, 0.1) is 5.92 Å². The Morgan fingerprint density at radius 3 is 2.48 bits per heavy atom. The van der Waals surface area contributed by atoms with Crippen LogP contribution in [0.25, 0.3) is 6.08 Å². The van der Waals surface area contributed by atoms with Crippen LogP contribution in [0.2, 0.25) is 0 Å². The van der Waals surface area contributed by atoms with Crippen molar-refractivity contribution in [2.45, 2.75) is 58.9 Å². The summed E-state index contributed by atoms with van der Waals surface area (Å²) in [4.78, 5) is 14.2. The second-order valence-corrected chi connectivity index (χ2v) is 6.62. The maximum absolute atomic E-state index is 12.3. The summed E-state index contributed by atoms with van der Waals surface area (Å²) in [6, 6.07) is 10.1. The summed E-state index contributed by atoms with van der Waals surface area (Å²) in [7, 11) is 0. The number of hydrogen-bond donors (Lipinski definition) is 0. The third-order valence-electron chi connectivity index (χ3n) is 4.31. The first-order valence-electron chi connectivity index (χ1n) is 8.88. The highest BCUT2D eigenvalue weighted by molar-refractivity contribution is 5.75. The van der Waals surface area contributed by atoms with Crippen LogP contribution >= 0.6 is 0 Å². The summed E-state index contributed by atoms with van der Waals surface area (Å²) < 4.78 is 5.58. The first-order chi connectivity index (χ1) is 11.1. The van der Waals surface area contributed by atoms with Gasteiger partial charge < -0.3 is 4.74 Å². The molecule has 0 N–H and O–H groups in total. The minimum atomic E-state index is -0.193. The van der Waals surface area contributed by atoms with Crippen molar-refractivity contribution in [3.8, 4) is 0 Å². The Morgan fingerprint density at radius 2 is 1.83 bits per heavy atom. The van der Waals surface area contributed by atoms with Gasteiger partial charge in [0.25, 0.3) is 0 Å². The minimum absolute atomic E-state index is 0.0499. The number of nitrogens with zero attached hydrogens (tertiary/aromatic N) is 1. The molecule has 1 unspecified atom stereocenters. The molecular formula is C20H29NO2. The molecule has 0 aliphatic carbocycles. The second kappa shape index (κ2) is 8.76. The maximum Gasteiger partial charge on any atom is 0.415 e. The third kappa shape index (κ3) is 4.85. The molecule has 1 aromatic carbocycles. The fourth-order valence-electron chi connectivity index (χ4n) is 3.12. The summed E-state index contributed by atoms with van der Waals surface area (Å²) in [6.45, 7) is 7.30. The van der Waals surface area contributed by atoms with Crippen molar-refractivity contribution in [2.24, 2.45) is 5.92 Å². The van der Waals surface area contributed by atoms with Crippen LogP contribution in [0.1, 0.15) is 58.4 Å². The van der Waals surface area contributed by atoms with Crippen molar-refractivity contribution < 1.29 is 9.53 Å². The smallest absolute Gasteiger partial charge is 0.412 e. The highest BCUT2D eigenvalue weighted by atomic mass is 16.6. The first kappa shape index (κ1) is 17.6. The molecule has 0 bridgehead atoms. The largest absolute Gasteiger partial charge is 0.415 e. The minimum Gasteiger partial charge on any atom is -0.412 e. The molecule has 126 valence electrons. The molecule has 1 saturated heterocycles. The van der Waals surface area contributed by atoms with Crippen LogP contribution in [0.5, 0.6) is 0 Å². The summed E-state index contributed by atoms with van der Waals surface area (Å²) in [5, 5.41) is 0. The molecule has 3 heteroatoms. The van der Waals surface area contributed by atoms with Gasteiger partial charge in [0, 0.05) is 6.54 Å². The number of amides is 1. The van der Waals surface area contributed by atoms with E-state index in [9.17, 15) is 4.79 Å². The van der Waals surface area contributed by atoms with Gasteiger partial charge in [-0.05, 0) is 24.0 Å². The zero-order valence-electron chi connectivity index (χ0n) is 14.6. The Bertz CT molecular complexity index is 522. The number of ether oxygens (including phenoxy) is 1. The highest BCUT2D eigenvalue weighted by Crippen LogP contribution is 2.30. The number of hydrogen-bond acceptors (Lipinski definition) is 2. The number of unbranched alkanes of at least 4 members (excludes halogenated alkanes) is 4. The summed E-state index contributed by atoms with van der Waals surface area (Å²) >= 11 is 0. The van der Waals surface area contributed by atoms with Crippen molar-refractivity contribution in [3.05, 3.63) is 41.7 Å². The molecule has 0 aromatic heterocycles. The lowest BCUT2D eigenvalue weighted by Gasteiger charge is -2.24. The fraction of sp³-hybridized carbons (Fsp3) is 0.550. The standard InChI is InChI=1S/C20H29NO2/c1-4-5-6-7-11-14-21-19(16(2)3)18(23-20(21)22)15-17-12-9-8-10-13-17/h8-10,12-13,15-16,19H,4-7,11,14H2,1-3H3/b18-15-. The van der Waals surface area contributed by atoms with Gasteiger partial charge in [0.05, 0.1) is 6.04 Å². The first-order valence-corrected chi connectivity index (χ1v) is 8.88. The van der Waals surface area contributed by atoms with Gasteiger partial charge >= 0.3 is 6.09 Å². The maximum atomic E-state index is 12.3. The van der Waals surface area contributed by atoms with E-state index >= 15 is 0 Å². The molecule has 1 amide bonds. The van der Waals surface area contributed by atoms with E-state index in [4.69, 9.17) is 4.74 Å². The molecule has 1 aromatic rings. The topological polar surface area (TPSA) is 29.5 Å². The molecule has 3 nitrogen and oxygen atoms in total. The van der Waals surface area contributed by atoms with Gasteiger partial charge in [0.2, 0.25) is 0 Å². The number of rotatable bonds is 8. The predicted molar refractivity (Wildman–Crippen MR) is 95.0 cm³/mol. The summed E-state index contributed by atoms with van der Waals surface area (Å²) in [5.41, 5.74) is 1.07. The lowest BCUT2D eigenvalue weighted by atomic mass is 9.99. The quantitative estimate of drug-likeness (QED) is 0.595. The Kier molecular flexibility index (Phi) is 6.69. The second-order valence-electron chi connectivity index (χ2n) is 6.62. The SMILES string of the molecule is CCCCCCCN1C(=O)O/C(=C\c2ccccc2)C1C(C)C. The monoisotopic (exact) mass is 315 g/mol. The van der Waals surface area contributed by atoms with E-state index < -0.39 is 0 Å². The fourth-order valence-corrected chi connectivity index (χ4v) is 3.12. The average Bonchev–Trinajstić information content (AvgIpc) is 2.84. The van der Waals surface area contributed by atoms with Gasteiger partial charge in [-0.25, -0.2) is 4.79 Å². The van der Waals surface area contributed by atoms with Crippen LogP contribution < -0.4 is 0 Å². The molecular weight excluding hydrogens is 286 g/mol. The van der Waals surface area contributed by atoms with Crippen molar-refractivity contribution in [1.29, 1.82) is 0 Å². The van der Waals surface area contributed by atoms with Gasteiger partial charge in [-0.15, -0.1) is 0 Å². The molecule has 1 heterocycles. The molecule has 1 aliphatic heterocycles. The molecule has 0 saturated carbocycles. The Labute approximate surface area is 140 Å². The Hall–Kier alpha value is -1.77. The van der Waals surface area contributed by atoms with Crippen molar-refractivity contribution in [1.82, 2.24) is 4.90 Å². The van der Waals surface area contributed by atoms with E-state index in [2.05, 4.69) is 20.8 Å². The van der Waals surface area contributed by atoms with Crippen molar-refractivity contribution in [2.75, 3.05) is 6.54 Å². The number of carbonyl (C=O) groups excluding carboxylic acids is 1. The van der Waals surface area contributed by atoms with Gasteiger partial charge in [0.1, 0.15) is 5.76 Å². The van der Waals surface area contributed by atoms with Gasteiger partial charge in [-0.1, -0.05) is 76.8 Å². The van der Waals surface area contributed by atoms with Crippen molar-refractivity contribution in [3.63, 3.8) is 0 Å². The lowest BCUT2D eigenvalue weighted by Crippen LogP contribution is -2.37. The van der Waals surface area contributed by atoms with E-state index in [1.807, 2.05) is 41.3 Å². The van der Waals surface area contributed by atoms with E-state index in [-0.39, 0.29) is 12.1 Å². The van der Waals surface area contributed by atoms with Crippen LogP contribution in [0.4, 0.5) is 4.79 Å². The zero-order chi connectivity index (χ0) is 16.7. The van der Waals surface area contributed by atoms with Crippen molar-refractivity contribution >= 4 is 12.2 Å². The molecule has 1 atom stereocenters. The molecule has 0 radical (unpaired) electrons. The Morgan fingerprint density at radius 1 is 1.13 bits per heavy atom. The van der Waals surface area contributed by atoms with Crippen LogP contribution in [0.15, 0.2) is 36.1 Å². The van der Waals surface area contributed by atoms with E-state index in [0.717, 1.165) is 24.3 Å². The number of carbonyl (C=O) groups is 1. The lowest BCUT2D eigenvalue weighted by molar-refractivity contribution is 0.160. The van der Waals surface area contributed by atoms with Gasteiger partial charge in [-0.2, -0.15) is 0 Å². The molecule has 2 rings (SSSR count). The van der Waals surface area contributed by atoms with Crippen LogP contribution in [-0.2, 0) is 4.74 Å². The Balaban J connectivity index is 2.05. The van der Waals surface area contributed by atoms with Gasteiger partial charge in [-0.3, -0.25) is 4.90 Å². The predicted octanol–water partition coefficient (Wildman–Crippen LogP) is 5.47. The number of cyclic esters (lactones) is 1. The number of benzene rings is 1. The average molecular weight is 315 g/mol. The third-order valence-corrected chi connectivity index (χ3v) is 4.31. The van der Waals surface area contributed by atoms with Crippen LogP contribution in [-0.4, -0.2) is 23.6 Å². The summed E-state index contributed by atoms with van der Waals surface area (Å²) in [5.74, 6) is 1.12. The van der Waals surface area contributed by atoms with Crippen LogP contribution in [0.3, 0.4) is 0 Å².